The molecule has 9 rings (SSSR count). The van der Waals surface area contributed by atoms with E-state index in [9.17, 15) is 0 Å². The van der Waals surface area contributed by atoms with Gasteiger partial charge in [0.15, 0.2) is 0 Å². The van der Waals surface area contributed by atoms with E-state index < -0.39 is 10.6 Å². The zero-order valence-electron chi connectivity index (χ0n) is 26.2. The summed E-state index contributed by atoms with van der Waals surface area (Å²) in [4.78, 5) is 0. The number of aryl methyl sites for hydroxylation is 4. The third kappa shape index (κ3) is 2.89. The maximum absolute atomic E-state index is 5.22. The molecule has 0 saturated carbocycles. The van der Waals surface area contributed by atoms with Crippen LogP contribution in [0.4, 0.5) is 0 Å². The first-order valence-corrected chi connectivity index (χ1v) is 27.3. The van der Waals surface area contributed by atoms with Crippen molar-refractivity contribution in [2.75, 3.05) is 0 Å². The Morgan fingerprint density at radius 2 is 0.977 bits per heavy atom. The van der Waals surface area contributed by atoms with Crippen LogP contribution in [0.1, 0.15) is 58.4 Å². The summed E-state index contributed by atoms with van der Waals surface area (Å²) in [6.07, 6.45) is 9.70. The Morgan fingerprint density at radius 1 is 0.535 bits per heavy atom. The van der Waals surface area contributed by atoms with Gasteiger partial charge < -0.3 is 0 Å². The van der Waals surface area contributed by atoms with Gasteiger partial charge in [0.25, 0.3) is 0 Å². The Balaban J connectivity index is 1.62. The molecule has 0 fully saturated rings. The van der Waals surface area contributed by atoms with Crippen molar-refractivity contribution in [3.63, 3.8) is 0 Å². The molecule has 0 radical (unpaired) electrons. The van der Waals surface area contributed by atoms with Gasteiger partial charge in [0.05, 0.1) is 0 Å². The number of hydrogen-bond donors (Lipinski definition) is 0. The van der Waals surface area contributed by atoms with Crippen LogP contribution in [0.25, 0.3) is 33.7 Å². The molecule has 2 heteroatoms. The van der Waals surface area contributed by atoms with Crippen molar-refractivity contribution >= 4 is 52.8 Å². The molecular formula is C41H40SiTi. The van der Waals surface area contributed by atoms with Gasteiger partial charge in [-0.25, -0.2) is 0 Å². The Kier molecular flexibility index (Phi) is 4.37. The van der Waals surface area contributed by atoms with Gasteiger partial charge in [0.1, 0.15) is 0 Å². The molecule has 4 aliphatic rings. The molecule has 43 heavy (non-hydrogen) atoms. The third-order valence-electron chi connectivity index (χ3n) is 12.6. The fraction of sp³-hybridized carbons (Fsp3) is 0.220. The van der Waals surface area contributed by atoms with E-state index in [1.54, 1.807) is 7.62 Å². The Morgan fingerprint density at radius 3 is 1.44 bits per heavy atom. The van der Waals surface area contributed by atoms with E-state index in [0.29, 0.717) is 0 Å². The number of fused-ring (bicyclic) bond motifs is 4. The summed E-state index contributed by atoms with van der Waals surface area (Å²) in [5.74, 6) is 0. The van der Waals surface area contributed by atoms with Gasteiger partial charge in [0, 0.05) is 0 Å². The standard InChI is InChI=1S/2C16H12.C6H5.3CH3.H2Si.Ti/c2*1-10-7-13-9-12-6-5-11-3-2-4-14(16(11)12)15(13)8-10;1-2-4-6-5-3-1;;;;;/h2*2-4,8-9H,5-6H2,1H3;1-5H;3*1H3;1H2;. The Bertz CT molecular complexity index is 2510. The van der Waals surface area contributed by atoms with Gasteiger partial charge >= 0.3 is 253 Å². The average molecular weight is 609 g/mol. The molecule has 0 bridgehead atoms. The second kappa shape index (κ2) is 7.18. The number of allylic oxidation sites excluding steroid dienone is 2. The average Bonchev–Trinajstić information content (AvgIpc) is 3.74. The molecule has 4 aliphatic carbocycles. The Labute approximate surface area is 251 Å². The summed E-state index contributed by atoms with van der Waals surface area (Å²) in [6.45, 7) is 4.82. The molecule has 0 N–H and O–H groups in total. The van der Waals surface area contributed by atoms with E-state index in [-0.39, 0.29) is 0 Å². The molecule has 212 valence electrons. The molecule has 0 nitrogen and oxygen atoms in total. The van der Waals surface area contributed by atoms with Gasteiger partial charge in [-0.2, -0.15) is 0 Å². The minimum absolute atomic E-state index is 1.14. The summed E-state index contributed by atoms with van der Waals surface area (Å²) in [5.41, 5.74) is 14.9. The van der Waals surface area contributed by atoms with Crippen LogP contribution in [0.5, 0.6) is 0 Å². The second-order valence-electron chi connectivity index (χ2n) is 17.2. The van der Waals surface area contributed by atoms with Crippen molar-refractivity contribution in [2.45, 2.75) is 55.2 Å². The van der Waals surface area contributed by atoms with Crippen LogP contribution in [0.15, 0.2) is 90.0 Å². The van der Waals surface area contributed by atoms with Crippen LogP contribution < -0.4 is 3.87 Å². The van der Waals surface area contributed by atoms with Crippen molar-refractivity contribution in [3.05, 3.63) is 135 Å². The predicted molar refractivity (Wildman–Crippen MR) is 190 cm³/mol. The van der Waals surface area contributed by atoms with E-state index in [4.69, 9.17) is 0 Å². The van der Waals surface area contributed by atoms with Gasteiger partial charge in [-0.05, 0) is 0 Å². The van der Waals surface area contributed by atoms with Crippen molar-refractivity contribution in [2.24, 2.45) is 0 Å². The molecule has 0 amide bonds. The quantitative estimate of drug-likeness (QED) is 0.167. The van der Waals surface area contributed by atoms with E-state index in [1.165, 1.54) is 81.1 Å². The molecule has 0 unspecified atom stereocenters. The van der Waals surface area contributed by atoms with Gasteiger partial charge in [-0.15, -0.1) is 0 Å². The van der Waals surface area contributed by atoms with E-state index in [1.807, 2.05) is 0 Å². The van der Waals surface area contributed by atoms with E-state index in [2.05, 4.69) is 128 Å². The first-order valence-electron chi connectivity index (χ1n) is 16.2. The molecule has 0 heterocycles. The zero-order chi connectivity index (χ0) is 29.6. The number of benzene rings is 5. The van der Waals surface area contributed by atoms with Crippen LogP contribution in [0, 0.1) is 0 Å². The second-order valence-corrected chi connectivity index (χ2v) is 50.6. The summed E-state index contributed by atoms with van der Waals surface area (Å²) in [6, 6.07) is 31.0. The number of hydrogen-bond acceptors (Lipinski definition) is 0. The third-order valence-corrected chi connectivity index (χ3v) is 31.4. The first-order chi connectivity index (χ1) is 20.3. The fourth-order valence-electron chi connectivity index (χ4n) is 11.2. The molecule has 5 aromatic rings. The summed E-state index contributed by atoms with van der Waals surface area (Å²) in [5, 5.41) is 14.2. The van der Waals surface area contributed by atoms with Crippen LogP contribution in [0.3, 0.4) is 0 Å². The van der Waals surface area contributed by atoms with Crippen molar-refractivity contribution in [3.8, 4) is 0 Å². The molecule has 5 aromatic carbocycles. The summed E-state index contributed by atoms with van der Waals surface area (Å²) in [7, 11) is -2.81. The maximum atomic E-state index is 2.76. The Hall–Kier alpha value is -3.23. The molecule has 0 saturated heterocycles. The van der Waals surface area contributed by atoms with Crippen LogP contribution in [-0.2, 0) is 36.2 Å². The monoisotopic (exact) mass is 608 g/mol. The van der Waals surface area contributed by atoms with E-state index in [0.717, 1.165) is 25.7 Å². The molecule has 0 aromatic heterocycles. The molecule has 0 aliphatic heterocycles. The van der Waals surface area contributed by atoms with Crippen LogP contribution in [-0.4, -0.2) is 15.3 Å². The number of rotatable bonds is 1. The van der Waals surface area contributed by atoms with Crippen molar-refractivity contribution < 1.29 is 10.6 Å². The summed E-state index contributed by atoms with van der Waals surface area (Å²) < 4.78 is 4.75. The van der Waals surface area contributed by atoms with Crippen LogP contribution in [0.2, 0.25) is 15.7 Å². The zero-order valence-corrected chi connectivity index (χ0v) is 29.2. The van der Waals surface area contributed by atoms with Gasteiger partial charge in [0.2, 0.25) is 0 Å². The summed E-state index contributed by atoms with van der Waals surface area (Å²) >= 11 is 0. The van der Waals surface area contributed by atoms with Crippen molar-refractivity contribution in [1.82, 2.24) is 0 Å². The molecule has 0 atom stereocenters. The molecule has 0 spiro atoms. The van der Waals surface area contributed by atoms with Gasteiger partial charge in [-0.3, -0.25) is 0 Å². The minimum atomic E-state index is -5.22. The predicted octanol–water partition coefficient (Wildman–Crippen LogP) is 8.54. The first kappa shape index (κ1) is 26.2. The van der Waals surface area contributed by atoms with Crippen LogP contribution >= 0.6 is 0 Å². The van der Waals surface area contributed by atoms with Crippen molar-refractivity contribution in [1.29, 1.82) is 0 Å². The fourth-order valence-corrected chi connectivity index (χ4v) is 30.7. The topological polar surface area (TPSA) is 0 Å². The molecular weight excluding hydrogens is 568 g/mol. The van der Waals surface area contributed by atoms with E-state index >= 15 is 0 Å². The SMILES string of the molecule is CC1=Cc2c(cc3c4c(cccc24)CC3)[C]1=[Ti]([CH3])([CH3])([CH3])(=[SiH2])(=[C]1C(C)=Cc2c1cc1c3c(cccc23)CC1)[c]1ccccc1. The normalized spacial score (nSPS) is 18.0. The van der Waals surface area contributed by atoms with Gasteiger partial charge in [-0.1, -0.05) is 0 Å².